The van der Waals surface area contributed by atoms with Gasteiger partial charge >= 0.3 is 0 Å². The van der Waals surface area contributed by atoms with Crippen LogP contribution in [0, 0.1) is 0 Å². The Hall–Kier alpha value is -3.49. The summed E-state index contributed by atoms with van der Waals surface area (Å²) in [6.07, 6.45) is 5.24. The minimum atomic E-state index is 0.490. The van der Waals surface area contributed by atoms with Gasteiger partial charge in [0, 0.05) is 64.0 Å². The third-order valence-electron chi connectivity index (χ3n) is 4.62. The van der Waals surface area contributed by atoms with Crippen LogP contribution in [0.2, 0.25) is 0 Å². The molecule has 1 saturated heterocycles. The Balaban J connectivity index is 1.40. The first-order valence-corrected chi connectivity index (χ1v) is 9.20. The Kier molecular flexibility index (Phi) is 5.14. The second kappa shape index (κ2) is 8.03. The van der Waals surface area contributed by atoms with Gasteiger partial charge in [-0.05, 0) is 30.3 Å². The summed E-state index contributed by atoms with van der Waals surface area (Å²) in [5.74, 6) is 2.08. The maximum atomic E-state index is 4.63. The van der Waals surface area contributed by atoms with Crippen molar-refractivity contribution in [1.82, 2.24) is 25.1 Å². The molecule has 0 spiro atoms. The van der Waals surface area contributed by atoms with Crippen molar-refractivity contribution in [2.45, 2.75) is 0 Å². The van der Waals surface area contributed by atoms with Crippen LogP contribution in [0.25, 0.3) is 0 Å². The Morgan fingerprint density at radius 2 is 1.61 bits per heavy atom. The fourth-order valence-corrected chi connectivity index (χ4v) is 3.06. The molecule has 28 heavy (non-hydrogen) atoms. The van der Waals surface area contributed by atoms with Gasteiger partial charge in [-0.1, -0.05) is 0 Å². The summed E-state index contributed by atoms with van der Waals surface area (Å²) in [6.45, 7) is 3.33. The van der Waals surface area contributed by atoms with Gasteiger partial charge in [-0.3, -0.25) is 0 Å². The number of benzene rings is 1. The molecular formula is C19H23N9. The Bertz CT molecular complexity index is 891. The molecule has 0 aliphatic carbocycles. The van der Waals surface area contributed by atoms with Gasteiger partial charge in [0.2, 0.25) is 11.9 Å². The number of hydrogen-bond donors (Lipinski definition) is 1. The Morgan fingerprint density at radius 3 is 2.29 bits per heavy atom. The molecule has 0 amide bonds. The van der Waals surface area contributed by atoms with Crippen LogP contribution in [0.15, 0.2) is 48.9 Å². The lowest BCUT2D eigenvalue weighted by Gasteiger charge is -2.35. The zero-order valence-corrected chi connectivity index (χ0v) is 16.0. The predicted octanol–water partition coefficient (Wildman–Crippen LogP) is 1.80. The van der Waals surface area contributed by atoms with E-state index in [4.69, 9.17) is 0 Å². The molecule has 3 aromatic rings. The fourth-order valence-electron chi connectivity index (χ4n) is 3.06. The van der Waals surface area contributed by atoms with E-state index in [0.29, 0.717) is 5.95 Å². The lowest BCUT2D eigenvalue weighted by molar-refractivity contribution is 0.632. The van der Waals surface area contributed by atoms with Crippen molar-refractivity contribution in [2.75, 3.05) is 60.3 Å². The van der Waals surface area contributed by atoms with Gasteiger partial charge in [-0.15, -0.1) is 5.10 Å². The van der Waals surface area contributed by atoms with E-state index in [1.54, 1.807) is 18.6 Å². The fraction of sp³-hybridized carbons (Fsp3) is 0.316. The van der Waals surface area contributed by atoms with Crippen molar-refractivity contribution in [3.05, 3.63) is 48.9 Å². The SMILES string of the molecule is CN(C)c1ccc(Nc2nncc(N3CCN(c4ncccn4)CC3)n2)cc1. The summed E-state index contributed by atoms with van der Waals surface area (Å²) < 4.78 is 0. The first kappa shape index (κ1) is 17.9. The molecule has 0 saturated carbocycles. The summed E-state index contributed by atoms with van der Waals surface area (Å²) in [5.41, 5.74) is 2.06. The highest BCUT2D eigenvalue weighted by atomic mass is 15.4. The van der Waals surface area contributed by atoms with E-state index in [9.17, 15) is 0 Å². The number of anilines is 5. The zero-order chi connectivity index (χ0) is 19.3. The lowest BCUT2D eigenvalue weighted by Crippen LogP contribution is -2.47. The third kappa shape index (κ3) is 4.08. The van der Waals surface area contributed by atoms with Crippen molar-refractivity contribution in [3.8, 4) is 0 Å². The summed E-state index contributed by atoms with van der Waals surface area (Å²) in [7, 11) is 4.03. The van der Waals surface area contributed by atoms with Crippen LogP contribution in [0.5, 0.6) is 0 Å². The second-order valence-electron chi connectivity index (χ2n) is 6.73. The summed E-state index contributed by atoms with van der Waals surface area (Å²) >= 11 is 0. The minimum absolute atomic E-state index is 0.490. The van der Waals surface area contributed by atoms with Crippen LogP contribution in [-0.2, 0) is 0 Å². The van der Waals surface area contributed by atoms with E-state index in [-0.39, 0.29) is 0 Å². The van der Waals surface area contributed by atoms with Crippen molar-refractivity contribution < 1.29 is 0 Å². The monoisotopic (exact) mass is 377 g/mol. The highest BCUT2D eigenvalue weighted by Gasteiger charge is 2.20. The zero-order valence-electron chi connectivity index (χ0n) is 16.0. The normalized spacial score (nSPS) is 14.1. The molecule has 1 aromatic carbocycles. The maximum absolute atomic E-state index is 4.63. The highest BCUT2D eigenvalue weighted by molar-refractivity contribution is 5.59. The third-order valence-corrected chi connectivity index (χ3v) is 4.62. The van der Waals surface area contributed by atoms with Gasteiger partial charge in [0.15, 0.2) is 5.82 Å². The molecule has 0 unspecified atom stereocenters. The number of nitrogens with one attached hydrogen (secondary N) is 1. The van der Waals surface area contributed by atoms with Crippen molar-refractivity contribution >= 4 is 29.1 Å². The standard InChI is InChI=1S/C19H23N9/c1-26(2)16-6-4-15(5-7-16)23-18-24-17(14-22-25-18)27-10-12-28(13-11-27)19-20-8-3-9-21-19/h3-9,14H,10-13H2,1-2H3,(H,23,24,25). The number of rotatable bonds is 5. The van der Waals surface area contributed by atoms with Crippen LogP contribution in [-0.4, -0.2) is 65.4 Å². The van der Waals surface area contributed by atoms with Crippen LogP contribution in [0.3, 0.4) is 0 Å². The largest absolute Gasteiger partial charge is 0.378 e. The molecule has 1 aliphatic heterocycles. The molecule has 0 radical (unpaired) electrons. The number of hydrogen-bond acceptors (Lipinski definition) is 9. The van der Waals surface area contributed by atoms with Crippen molar-refractivity contribution in [1.29, 1.82) is 0 Å². The molecule has 2 aromatic heterocycles. The first-order chi connectivity index (χ1) is 13.7. The number of nitrogens with zero attached hydrogens (tertiary/aromatic N) is 8. The van der Waals surface area contributed by atoms with Gasteiger partial charge in [0.05, 0.1) is 6.20 Å². The number of aromatic nitrogens is 5. The molecule has 1 N–H and O–H groups in total. The van der Waals surface area contributed by atoms with Crippen LogP contribution >= 0.6 is 0 Å². The Morgan fingerprint density at radius 1 is 0.929 bits per heavy atom. The maximum Gasteiger partial charge on any atom is 0.249 e. The van der Waals surface area contributed by atoms with Crippen LogP contribution in [0.1, 0.15) is 0 Å². The van der Waals surface area contributed by atoms with E-state index in [1.165, 1.54) is 0 Å². The lowest BCUT2D eigenvalue weighted by atomic mass is 10.2. The molecule has 1 aliphatic rings. The van der Waals surface area contributed by atoms with E-state index in [0.717, 1.165) is 49.3 Å². The van der Waals surface area contributed by atoms with Gasteiger partial charge < -0.3 is 20.0 Å². The molecule has 4 rings (SSSR count). The molecule has 0 bridgehead atoms. The molecule has 144 valence electrons. The average molecular weight is 377 g/mol. The smallest absolute Gasteiger partial charge is 0.249 e. The summed E-state index contributed by atoms with van der Waals surface area (Å²) in [4.78, 5) is 19.7. The molecule has 0 atom stereocenters. The van der Waals surface area contributed by atoms with Crippen LogP contribution in [0.4, 0.5) is 29.1 Å². The summed E-state index contributed by atoms with van der Waals surface area (Å²) in [5, 5.41) is 11.4. The van der Waals surface area contributed by atoms with E-state index >= 15 is 0 Å². The molecule has 9 heteroatoms. The quantitative estimate of drug-likeness (QED) is 0.715. The number of piperazine rings is 1. The van der Waals surface area contributed by atoms with E-state index < -0.39 is 0 Å². The van der Waals surface area contributed by atoms with Crippen LogP contribution < -0.4 is 20.0 Å². The molecule has 1 fully saturated rings. The van der Waals surface area contributed by atoms with E-state index in [1.807, 2.05) is 44.4 Å². The van der Waals surface area contributed by atoms with Gasteiger partial charge in [-0.2, -0.15) is 10.1 Å². The first-order valence-electron chi connectivity index (χ1n) is 9.20. The van der Waals surface area contributed by atoms with E-state index in [2.05, 4.69) is 45.2 Å². The van der Waals surface area contributed by atoms with Crippen molar-refractivity contribution in [2.24, 2.45) is 0 Å². The molecular weight excluding hydrogens is 354 g/mol. The highest BCUT2D eigenvalue weighted by Crippen LogP contribution is 2.20. The topological polar surface area (TPSA) is 86.2 Å². The van der Waals surface area contributed by atoms with Gasteiger partial charge in [0.1, 0.15) is 0 Å². The van der Waals surface area contributed by atoms with Gasteiger partial charge in [-0.25, -0.2) is 9.97 Å². The predicted molar refractivity (Wildman–Crippen MR) is 110 cm³/mol. The Labute approximate surface area is 164 Å². The molecule has 9 nitrogen and oxygen atoms in total. The molecule has 3 heterocycles. The second-order valence-corrected chi connectivity index (χ2v) is 6.73. The van der Waals surface area contributed by atoms with Crippen molar-refractivity contribution in [3.63, 3.8) is 0 Å². The van der Waals surface area contributed by atoms with Gasteiger partial charge in [0.25, 0.3) is 0 Å². The average Bonchev–Trinajstić information content (AvgIpc) is 2.75. The minimum Gasteiger partial charge on any atom is -0.378 e. The summed E-state index contributed by atoms with van der Waals surface area (Å²) in [6, 6.07) is 9.93.